The lowest BCUT2D eigenvalue weighted by atomic mass is 10.5. The van der Waals surface area contributed by atoms with Gasteiger partial charge in [0.25, 0.3) is 0 Å². The normalized spacial score (nSPS) is 8.80. The average molecular weight is 87.9 g/mol. The van der Waals surface area contributed by atoms with Crippen molar-refractivity contribution in [1.82, 2.24) is 0 Å². The highest BCUT2D eigenvalue weighted by Crippen LogP contribution is 2.16. The highest BCUT2D eigenvalue weighted by atomic mass is 31.1. The molecule has 1 nitrogen and oxygen atoms in total. The van der Waals surface area contributed by atoms with Crippen LogP contribution in [0.4, 0.5) is 0 Å². The van der Waals surface area contributed by atoms with Crippen LogP contribution in [-0.4, -0.2) is 20.5 Å². The van der Waals surface area contributed by atoms with Gasteiger partial charge in [-0.05, 0) is 0 Å². The summed E-state index contributed by atoms with van der Waals surface area (Å²) in [7, 11) is 1.79. The number of rotatable bonds is 1. The van der Waals surface area contributed by atoms with Crippen molar-refractivity contribution >= 4 is 14.9 Å². The molecule has 0 aromatic rings. The second-order valence-electron chi connectivity index (χ2n) is 1.11. The third kappa shape index (κ3) is 4.45. The molecule has 29 valence electrons. The van der Waals surface area contributed by atoms with Crippen LogP contribution in [0, 0.1) is 0 Å². The van der Waals surface area contributed by atoms with Crippen LogP contribution in [0.3, 0.4) is 0 Å². The second-order valence-corrected chi connectivity index (χ2v) is 3.34. The molecule has 5 heavy (non-hydrogen) atoms. The van der Waals surface area contributed by atoms with Crippen LogP contribution in [-0.2, 0) is 0 Å². The molecule has 0 bridgehead atoms. The van der Waals surface area contributed by atoms with E-state index in [1.165, 1.54) is 0 Å². The largest absolute Gasteiger partial charge is 0.370 e. The zero-order chi connectivity index (χ0) is 4.28. The summed E-state index contributed by atoms with van der Waals surface area (Å²) >= 11 is 0. The van der Waals surface area contributed by atoms with E-state index in [4.69, 9.17) is 5.64 Å². The summed E-state index contributed by atoms with van der Waals surface area (Å²) in [5, 5.41) is 0. The lowest BCUT2D eigenvalue weighted by molar-refractivity contribution is 1.97. The van der Waals surface area contributed by atoms with Crippen LogP contribution >= 0.6 is 7.80 Å². The van der Waals surface area contributed by atoms with E-state index >= 15 is 0 Å². The van der Waals surface area contributed by atoms with Crippen molar-refractivity contribution in [1.29, 1.82) is 0 Å². The third-order valence-electron chi connectivity index (χ3n) is 0.298. The molecule has 0 saturated carbocycles. The van der Waals surface area contributed by atoms with Gasteiger partial charge in [0.15, 0.2) is 0 Å². The Labute approximate surface area is 34.9 Å². The van der Waals surface area contributed by atoms with E-state index in [2.05, 4.69) is 13.3 Å². The molecule has 0 atom stereocenters. The quantitative estimate of drug-likeness (QED) is 0.360. The zero-order valence-electron chi connectivity index (χ0n) is 3.60. The summed E-state index contributed by atoms with van der Waals surface area (Å²) in [6.07, 6.45) is 0. The van der Waals surface area contributed by atoms with Crippen LogP contribution in [0.5, 0.6) is 0 Å². The Balaban J connectivity index is 2.54. The topological polar surface area (TPSA) is 26.0 Å². The van der Waals surface area contributed by atoms with Gasteiger partial charge >= 0.3 is 0 Å². The molecule has 2 N–H and O–H groups in total. The van der Waals surface area contributed by atoms with E-state index < -0.39 is 0 Å². The highest BCUT2D eigenvalue weighted by molar-refractivity contribution is 7.84. The molecule has 0 rings (SSSR count). The molecule has 0 spiro atoms. The van der Waals surface area contributed by atoms with Crippen molar-refractivity contribution in [3.63, 3.8) is 0 Å². The molecule has 3 heteroatoms. The monoisotopic (exact) mass is 88.0 g/mol. The summed E-state index contributed by atoms with van der Waals surface area (Å²) in [5.74, 6) is 0. The molecular weight excluding hydrogens is 79.8 g/mol. The predicted octanol–water partition coefficient (Wildman–Crippen LogP) is 0.221. The first-order chi connectivity index (χ1) is 2.27. The fourth-order valence-corrected chi connectivity index (χ4v) is 0. The zero-order valence-corrected chi connectivity index (χ0v) is 4.50. The van der Waals surface area contributed by atoms with Crippen molar-refractivity contribution in [2.45, 2.75) is 0 Å². The van der Waals surface area contributed by atoms with E-state index in [1.54, 1.807) is 7.13 Å². The van der Waals surface area contributed by atoms with Crippen molar-refractivity contribution < 1.29 is 0 Å². The maximum Gasteiger partial charge on any atom is 0.237 e. The highest BCUT2D eigenvalue weighted by Gasteiger charge is 1.82. The van der Waals surface area contributed by atoms with Crippen LogP contribution in [0.25, 0.3) is 0 Å². The van der Waals surface area contributed by atoms with Gasteiger partial charge in [-0.1, -0.05) is 13.3 Å². The van der Waals surface area contributed by atoms with Crippen LogP contribution in [0.1, 0.15) is 0 Å². The maximum atomic E-state index is 5.08. The molecule has 0 amide bonds. The summed E-state index contributed by atoms with van der Waals surface area (Å²) in [6, 6.07) is 0. The van der Waals surface area contributed by atoms with Gasteiger partial charge in [0.1, 0.15) is 0 Å². The van der Waals surface area contributed by atoms with E-state index in [9.17, 15) is 0 Å². The number of hydrogen-bond donors (Lipinski definition) is 1. The Bertz CT molecular complexity index is 23.6. The molecular formula is C2H8BNP. The first-order valence-electron chi connectivity index (χ1n) is 1.49. The van der Waals surface area contributed by atoms with Gasteiger partial charge in [-0.2, -0.15) is 0 Å². The van der Waals surface area contributed by atoms with Crippen molar-refractivity contribution in [3.8, 4) is 0 Å². The fraction of sp³-hybridized carbons (Fsp3) is 1.00. The molecule has 0 aromatic carbocycles. The van der Waals surface area contributed by atoms with E-state index in [1.807, 2.05) is 0 Å². The lowest BCUT2D eigenvalue weighted by Gasteiger charge is -1.89. The molecule has 0 unspecified atom stereocenters. The minimum absolute atomic E-state index is 0.0545. The first-order valence-corrected chi connectivity index (χ1v) is 3.79. The average Bonchev–Trinajstić information content (AvgIpc) is 1.38. The number of hydrogen-bond acceptors (Lipinski definition) is 1. The minimum atomic E-state index is 0.0545. The first kappa shape index (κ1) is 5.45. The molecule has 1 radical (unpaired) electrons. The van der Waals surface area contributed by atoms with Gasteiger partial charge < -0.3 is 5.64 Å². The van der Waals surface area contributed by atoms with Crippen LogP contribution in [0.2, 0.25) is 0 Å². The number of nitrogens with two attached hydrogens (primary N) is 1. The van der Waals surface area contributed by atoms with Gasteiger partial charge in [-0.25, -0.2) is 0 Å². The predicted molar refractivity (Wildman–Crippen MR) is 28.7 cm³/mol. The smallest absolute Gasteiger partial charge is 0.237 e. The summed E-state index contributed by atoms with van der Waals surface area (Å²) in [5.41, 5.74) is 5.08. The Hall–Kier alpha value is 0.455. The standard InChI is InChI=1S/C2H8BNP/c1-5(2)3-4/h4H2,1-2H3. The molecule has 0 aliphatic heterocycles. The molecule has 0 heterocycles. The molecule has 0 saturated heterocycles. The second kappa shape index (κ2) is 2.68. The van der Waals surface area contributed by atoms with Gasteiger partial charge in [0.05, 0.1) is 0 Å². The Morgan fingerprint density at radius 2 is 1.80 bits per heavy atom. The Morgan fingerprint density at radius 3 is 1.80 bits per heavy atom. The SMILES string of the molecule is CP(C)[B]N. The fourth-order valence-electron chi connectivity index (χ4n) is 0. The van der Waals surface area contributed by atoms with Gasteiger partial charge in [0.2, 0.25) is 7.13 Å². The summed E-state index contributed by atoms with van der Waals surface area (Å²) in [4.78, 5) is 0. The van der Waals surface area contributed by atoms with Gasteiger partial charge in [-0.15, -0.1) is 7.80 Å². The van der Waals surface area contributed by atoms with Crippen molar-refractivity contribution in [3.05, 3.63) is 0 Å². The Morgan fingerprint density at radius 1 is 1.60 bits per heavy atom. The van der Waals surface area contributed by atoms with Gasteiger partial charge in [-0.3, -0.25) is 0 Å². The van der Waals surface area contributed by atoms with Crippen molar-refractivity contribution in [2.24, 2.45) is 5.64 Å². The summed E-state index contributed by atoms with van der Waals surface area (Å²) in [6.45, 7) is 4.21. The molecule has 0 aliphatic carbocycles. The maximum absolute atomic E-state index is 5.08. The van der Waals surface area contributed by atoms with E-state index in [-0.39, 0.29) is 7.80 Å². The molecule has 0 aliphatic rings. The third-order valence-corrected chi connectivity index (χ3v) is 0.894. The minimum Gasteiger partial charge on any atom is -0.370 e. The summed E-state index contributed by atoms with van der Waals surface area (Å²) < 4.78 is 0. The van der Waals surface area contributed by atoms with Crippen LogP contribution < -0.4 is 5.64 Å². The molecule has 0 aromatic heterocycles. The van der Waals surface area contributed by atoms with E-state index in [0.717, 1.165) is 0 Å². The van der Waals surface area contributed by atoms with Crippen LogP contribution in [0.15, 0.2) is 0 Å². The van der Waals surface area contributed by atoms with E-state index in [0.29, 0.717) is 0 Å². The lowest BCUT2D eigenvalue weighted by Crippen LogP contribution is -1.99. The van der Waals surface area contributed by atoms with Gasteiger partial charge in [0, 0.05) is 0 Å². The Kier molecular flexibility index (Phi) is 2.92. The molecule has 0 fully saturated rings. The van der Waals surface area contributed by atoms with Crippen molar-refractivity contribution in [2.75, 3.05) is 13.3 Å².